The van der Waals surface area contributed by atoms with Gasteiger partial charge in [-0.15, -0.1) is 0 Å². The van der Waals surface area contributed by atoms with E-state index in [2.05, 4.69) is 4.74 Å². The molecule has 0 amide bonds. The monoisotopic (exact) mass is 120 g/mol. The van der Waals surface area contributed by atoms with Crippen LogP contribution in [0.2, 0.25) is 0 Å². The highest BCUT2D eigenvalue weighted by atomic mass is 16.5. The van der Waals surface area contributed by atoms with E-state index in [-0.39, 0.29) is 6.61 Å². The van der Waals surface area contributed by atoms with Crippen LogP contribution in [0.1, 0.15) is 0 Å². The molecule has 0 aromatic carbocycles. The molecule has 4 heteroatoms. The summed E-state index contributed by atoms with van der Waals surface area (Å²) in [5.74, 6) is -1.26. The third-order valence-corrected chi connectivity index (χ3v) is 0.610. The Hall–Kier alpha value is -0.610. The fourth-order valence-electron chi connectivity index (χ4n) is 0.229. The fraction of sp³-hybridized carbons (Fsp3) is 0.750. The van der Waals surface area contributed by atoms with E-state index in [0.29, 0.717) is 0 Å². The zero-order valence-electron chi connectivity index (χ0n) is 4.50. The summed E-state index contributed by atoms with van der Waals surface area (Å²) < 4.78 is 4.33. The number of ether oxygens (including phenoxy) is 1. The van der Waals surface area contributed by atoms with Crippen molar-refractivity contribution < 1.29 is 19.7 Å². The van der Waals surface area contributed by atoms with Crippen LogP contribution in [0.4, 0.5) is 0 Å². The van der Waals surface area contributed by atoms with E-state index in [1.54, 1.807) is 0 Å². The van der Waals surface area contributed by atoms with E-state index >= 15 is 0 Å². The van der Waals surface area contributed by atoms with Gasteiger partial charge in [-0.1, -0.05) is 0 Å². The summed E-state index contributed by atoms with van der Waals surface area (Å²) in [7, 11) is 1.33. The molecule has 2 N–H and O–H groups in total. The molecule has 0 aromatic heterocycles. The first-order valence-electron chi connectivity index (χ1n) is 2.08. The molecule has 8 heavy (non-hydrogen) atoms. The highest BCUT2D eigenvalue weighted by Gasteiger charge is 2.10. The first-order valence-corrected chi connectivity index (χ1v) is 2.08. The lowest BCUT2D eigenvalue weighted by Gasteiger charge is -2.00. The van der Waals surface area contributed by atoms with Crippen LogP contribution >= 0.6 is 0 Å². The predicted octanol–water partition coefficient (Wildman–Crippen LogP) is -0.922. The number of hydrogen-bond donors (Lipinski definition) is 2. The number of carbonyl (C=O) groups is 1. The lowest BCUT2D eigenvalue weighted by atomic mass is 10.4. The minimum atomic E-state index is -1.39. The quantitative estimate of drug-likeness (QED) is 0.505. The average Bonchev–Trinajstić information content (AvgIpc) is 1.67. The number of hydrogen-bond acceptors (Lipinski definition) is 3. The number of aliphatic hydroxyl groups is 1. The van der Waals surface area contributed by atoms with Crippen LogP contribution in [0.15, 0.2) is 0 Å². The second-order valence-electron chi connectivity index (χ2n) is 1.31. The van der Waals surface area contributed by atoms with E-state index in [9.17, 15) is 4.79 Å². The van der Waals surface area contributed by atoms with Crippen LogP contribution in [-0.4, -0.2) is 36.0 Å². The summed E-state index contributed by atoms with van der Waals surface area (Å²) in [4.78, 5) is 9.76. The Balaban J connectivity index is 3.32. The molecule has 0 fully saturated rings. The van der Waals surface area contributed by atoms with E-state index in [4.69, 9.17) is 10.2 Å². The second kappa shape index (κ2) is 3.40. The molecule has 0 aliphatic rings. The molecule has 0 bridgehead atoms. The molecule has 48 valence electrons. The van der Waals surface area contributed by atoms with Gasteiger partial charge in [0.15, 0.2) is 6.10 Å². The van der Waals surface area contributed by atoms with Gasteiger partial charge in [-0.25, -0.2) is 4.79 Å². The van der Waals surface area contributed by atoms with Crippen molar-refractivity contribution in [2.75, 3.05) is 13.7 Å². The largest absolute Gasteiger partial charge is 0.479 e. The molecule has 0 heterocycles. The second-order valence-corrected chi connectivity index (χ2v) is 1.31. The van der Waals surface area contributed by atoms with Crippen LogP contribution in [0.5, 0.6) is 0 Å². The van der Waals surface area contributed by atoms with Gasteiger partial charge in [0.05, 0.1) is 6.61 Å². The third kappa shape index (κ3) is 2.54. The number of carboxylic acids is 1. The molecule has 1 atom stereocenters. The van der Waals surface area contributed by atoms with Gasteiger partial charge >= 0.3 is 5.97 Å². The molecule has 0 aromatic rings. The van der Waals surface area contributed by atoms with Crippen LogP contribution in [0.25, 0.3) is 0 Å². The lowest BCUT2D eigenvalue weighted by molar-refractivity contribution is -0.149. The maximum atomic E-state index is 9.76. The number of carboxylic acid groups (broad SMARTS) is 1. The van der Waals surface area contributed by atoms with Crippen LogP contribution in [0, 0.1) is 0 Å². The Morgan fingerprint density at radius 2 is 2.38 bits per heavy atom. The third-order valence-electron chi connectivity index (χ3n) is 0.610. The number of rotatable bonds is 3. The Morgan fingerprint density at radius 1 is 1.88 bits per heavy atom. The summed E-state index contributed by atoms with van der Waals surface area (Å²) in [5, 5.41) is 16.4. The molecule has 0 aliphatic carbocycles. The van der Waals surface area contributed by atoms with Crippen molar-refractivity contribution in [3.05, 3.63) is 0 Å². The summed E-state index contributed by atoms with van der Waals surface area (Å²) in [6.07, 6.45) is -1.39. The average molecular weight is 120 g/mol. The summed E-state index contributed by atoms with van der Waals surface area (Å²) in [6, 6.07) is 0. The zero-order chi connectivity index (χ0) is 6.57. The van der Waals surface area contributed by atoms with Gasteiger partial charge in [0, 0.05) is 7.11 Å². The van der Waals surface area contributed by atoms with Crippen molar-refractivity contribution in [1.29, 1.82) is 0 Å². The standard InChI is InChI=1S/C4H8O4/c1-8-2-3(5)4(6)7/h3,5H,2H2,1H3,(H,6,7)/t3-/m0/s1. The van der Waals surface area contributed by atoms with Gasteiger partial charge in [0.2, 0.25) is 0 Å². The Bertz CT molecular complexity index is 80.1. The molecular weight excluding hydrogens is 112 g/mol. The normalized spacial score (nSPS) is 13.2. The topological polar surface area (TPSA) is 66.8 Å². The molecule has 0 aliphatic heterocycles. The van der Waals surface area contributed by atoms with Crippen molar-refractivity contribution in [1.82, 2.24) is 0 Å². The number of aliphatic carboxylic acids is 1. The SMILES string of the molecule is COC[C@H](O)C(=O)O. The van der Waals surface area contributed by atoms with E-state index in [1.165, 1.54) is 7.11 Å². The molecule has 0 radical (unpaired) electrons. The Morgan fingerprint density at radius 3 is 2.50 bits per heavy atom. The molecule has 4 nitrogen and oxygen atoms in total. The van der Waals surface area contributed by atoms with Crippen molar-refractivity contribution in [3.8, 4) is 0 Å². The van der Waals surface area contributed by atoms with Crippen LogP contribution in [-0.2, 0) is 9.53 Å². The van der Waals surface area contributed by atoms with Crippen molar-refractivity contribution in [2.45, 2.75) is 6.10 Å². The summed E-state index contributed by atoms with van der Waals surface area (Å²) >= 11 is 0. The highest BCUT2D eigenvalue weighted by Crippen LogP contribution is 1.80. The Kier molecular flexibility index (Phi) is 3.14. The minimum absolute atomic E-state index is 0.157. The van der Waals surface area contributed by atoms with Crippen molar-refractivity contribution in [3.63, 3.8) is 0 Å². The first kappa shape index (κ1) is 7.39. The highest BCUT2D eigenvalue weighted by molar-refractivity contribution is 5.71. The molecular formula is C4H8O4. The van der Waals surface area contributed by atoms with Gasteiger partial charge in [-0.2, -0.15) is 0 Å². The van der Waals surface area contributed by atoms with E-state index in [1.807, 2.05) is 0 Å². The van der Waals surface area contributed by atoms with E-state index in [0.717, 1.165) is 0 Å². The van der Waals surface area contributed by atoms with Gasteiger partial charge in [-0.3, -0.25) is 0 Å². The molecule has 0 spiro atoms. The van der Waals surface area contributed by atoms with Crippen LogP contribution in [0.3, 0.4) is 0 Å². The van der Waals surface area contributed by atoms with Gasteiger partial charge in [0.1, 0.15) is 0 Å². The van der Waals surface area contributed by atoms with Gasteiger partial charge in [0.25, 0.3) is 0 Å². The smallest absolute Gasteiger partial charge is 0.334 e. The van der Waals surface area contributed by atoms with Gasteiger partial charge in [-0.05, 0) is 0 Å². The maximum Gasteiger partial charge on any atom is 0.334 e. The number of methoxy groups -OCH3 is 1. The van der Waals surface area contributed by atoms with Crippen molar-refractivity contribution in [2.24, 2.45) is 0 Å². The Labute approximate surface area is 46.7 Å². The first-order chi connectivity index (χ1) is 3.68. The predicted molar refractivity (Wildman–Crippen MR) is 25.5 cm³/mol. The molecule has 0 rings (SSSR count). The van der Waals surface area contributed by atoms with Gasteiger partial charge < -0.3 is 14.9 Å². The summed E-state index contributed by atoms with van der Waals surface area (Å²) in [5.41, 5.74) is 0. The number of aliphatic hydroxyl groups excluding tert-OH is 1. The molecule has 0 unspecified atom stereocenters. The minimum Gasteiger partial charge on any atom is -0.479 e. The van der Waals surface area contributed by atoms with Crippen molar-refractivity contribution >= 4 is 5.97 Å². The summed E-state index contributed by atoms with van der Waals surface area (Å²) in [6.45, 7) is -0.157. The molecule has 0 saturated carbocycles. The maximum absolute atomic E-state index is 9.76. The van der Waals surface area contributed by atoms with E-state index < -0.39 is 12.1 Å². The fourth-order valence-corrected chi connectivity index (χ4v) is 0.229. The lowest BCUT2D eigenvalue weighted by Crippen LogP contribution is -2.24. The molecule has 0 saturated heterocycles. The zero-order valence-corrected chi connectivity index (χ0v) is 4.50. The van der Waals surface area contributed by atoms with Crippen LogP contribution < -0.4 is 0 Å².